The van der Waals surface area contributed by atoms with E-state index in [1.807, 2.05) is 30.3 Å². The van der Waals surface area contributed by atoms with Crippen LogP contribution in [-0.2, 0) is 30.4 Å². The Balaban J connectivity index is 2.36. The van der Waals surface area contributed by atoms with Crippen LogP contribution >= 0.6 is 11.8 Å². The fourth-order valence-corrected chi connectivity index (χ4v) is 2.45. The van der Waals surface area contributed by atoms with Crippen LogP contribution in [0, 0.1) is 0 Å². The molecule has 132 valence electrons. The summed E-state index contributed by atoms with van der Waals surface area (Å²) in [7, 11) is 1.25. The molecule has 0 fully saturated rings. The van der Waals surface area contributed by atoms with Crippen molar-refractivity contribution in [2.45, 2.75) is 26.0 Å². The number of ether oxygens (including phenoxy) is 3. The third-order valence-electron chi connectivity index (χ3n) is 2.89. The van der Waals surface area contributed by atoms with Gasteiger partial charge in [-0.2, -0.15) is 0 Å². The van der Waals surface area contributed by atoms with Crippen LogP contribution in [0.15, 0.2) is 30.3 Å². The highest BCUT2D eigenvalue weighted by Crippen LogP contribution is 2.08. The van der Waals surface area contributed by atoms with E-state index in [1.54, 1.807) is 0 Å². The second-order valence-corrected chi connectivity index (χ2v) is 5.78. The molecule has 1 N–H and O–H groups in total. The van der Waals surface area contributed by atoms with Crippen LogP contribution in [-0.4, -0.2) is 42.9 Å². The lowest BCUT2D eigenvalue weighted by atomic mass is 10.2. The van der Waals surface area contributed by atoms with Crippen LogP contribution in [0.25, 0.3) is 0 Å². The molecule has 24 heavy (non-hydrogen) atoms. The number of amides is 1. The van der Waals surface area contributed by atoms with Gasteiger partial charge in [0.25, 0.3) is 0 Å². The quantitative estimate of drug-likeness (QED) is 0.314. The average Bonchev–Trinajstić information content (AvgIpc) is 2.58. The Morgan fingerprint density at radius 3 is 2.50 bits per heavy atom. The smallest absolute Gasteiger partial charge is 0.408 e. The van der Waals surface area contributed by atoms with Crippen LogP contribution in [0.4, 0.5) is 4.79 Å². The molecule has 1 atom stereocenters. The summed E-state index contributed by atoms with van der Waals surface area (Å²) in [4.78, 5) is 34.2. The van der Waals surface area contributed by atoms with Gasteiger partial charge in [-0.1, -0.05) is 30.3 Å². The Morgan fingerprint density at radius 1 is 1.17 bits per heavy atom. The fourth-order valence-electron chi connectivity index (χ4n) is 1.68. The lowest BCUT2D eigenvalue weighted by molar-refractivity contribution is -0.143. The van der Waals surface area contributed by atoms with E-state index in [9.17, 15) is 14.4 Å². The second kappa shape index (κ2) is 11.3. The number of methoxy groups -OCH3 is 1. The maximum atomic E-state index is 11.8. The minimum atomic E-state index is -0.817. The van der Waals surface area contributed by atoms with E-state index in [-0.39, 0.29) is 18.5 Å². The molecular weight excluding hydrogens is 334 g/mol. The Kier molecular flexibility index (Phi) is 9.36. The largest absolute Gasteiger partial charge is 0.467 e. The summed E-state index contributed by atoms with van der Waals surface area (Å²) in [6, 6.07) is 8.39. The van der Waals surface area contributed by atoms with Gasteiger partial charge in [0.15, 0.2) is 0 Å². The molecule has 7 nitrogen and oxygen atoms in total. The molecule has 1 aromatic carbocycles. The van der Waals surface area contributed by atoms with Crippen molar-refractivity contribution < 1.29 is 28.6 Å². The van der Waals surface area contributed by atoms with E-state index in [0.29, 0.717) is 12.2 Å². The highest BCUT2D eigenvalue weighted by molar-refractivity contribution is 7.99. The Hall–Kier alpha value is -2.22. The van der Waals surface area contributed by atoms with Gasteiger partial charge in [-0.05, 0) is 17.7 Å². The van der Waals surface area contributed by atoms with Crippen LogP contribution in [0.2, 0.25) is 0 Å². The first-order valence-electron chi connectivity index (χ1n) is 7.29. The molecule has 1 amide bonds. The van der Waals surface area contributed by atoms with Crippen LogP contribution < -0.4 is 5.32 Å². The van der Waals surface area contributed by atoms with Gasteiger partial charge in [0, 0.05) is 6.92 Å². The second-order valence-electron chi connectivity index (χ2n) is 4.73. The van der Waals surface area contributed by atoms with E-state index in [0.717, 1.165) is 5.56 Å². The van der Waals surface area contributed by atoms with Crippen molar-refractivity contribution in [3.8, 4) is 0 Å². The molecule has 1 rings (SSSR count). The maximum absolute atomic E-state index is 11.8. The zero-order chi connectivity index (χ0) is 17.8. The Morgan fingerprint density at radius 2 is 1.88 bits per heavy atom. The predicted molar refractivity (Wildman–Crippen MR) is 89.3 cm³/mol. The molecule has 0 aliphatic rings. The number of nitrogens with one attached hydrogen (secondary N) is 1. The van der Waals surface area contributed by atoms with Crippen molar-refractivity contribution in [3.63, 3.8) is 0 Å². The van der Waals surface area contributed by atoms with Crippen molar-refractivity contribution in [2.24, 2.45) is 0 Å². The van der Waals surface area contributed by atoms with E-state index < -0.39 is 18.1 Å². The van der Waals surface area contributed by atoms with E-state index >= 15 is 0 Å². The van der Waals surface area contributed by atoms with Gasteiger partial charge in [-0.15, -0.1) is 11.8 Å². The zero-order valence-corrected chi connectivity index (χ0v) is 14.5. The summed E-state index contributed by atoms with van der Waals surface area (Å²) < 4.78 is 14.5. The summed E-state index contributed by atoms with van der Waals surface area (Å²) >= 11 is 1.33. The average molecular weight is 355 g/mol. The molecule has 0 saturated carbocycles. The third kappa shape index (κ3) is 8.42. The summed E-state index contributed by atoms with van der Waals surface area (Å²) in [5, 5.41) is 2.48. The monoisotopic (exact) mass is 355 g/mol. The molecule has 8 heteroatoms. The summed E-state index contributed by atoms with van der Waals surface area (Å²) in [6.07, 6.45) is -0.363. The van der Waals surface area contributed by atoms with Crippen molar-refractivity contribution >= 4 is 29.8 Å². The minimum Gasteiger partial charge on any atom is -0.467 e. The molecular formula is C16H21NO6S. The van der Waals surface area contributed by atoms with Gasteiger partial charge in [-0.25, -0.2) is 9.59 Å². The number of benzene rings is 1. The van der Waals surface area contributed by atoms with Gasteiger partial charge in [0.05, 0.1) is 7.11 Å². The molecule has 0 aromatic heterocycles. The van der Waals surface area contributed by atoms with Gasteiger partial charge in [0.1, 0.15) is 18.6 Å². The van der Waals surface area contributed by atoms with Crippen LogP contribution in [0.1, 0.15) is 18.9 Å². The van der Waals surface area contributed by atoms with Crippen molar-refractivity contribution in [3.05, 3.63) is 35.9 Å². The maximum Gasteiger partial charge on any atom is 0.408 e. The molecule has 0 bridgehead atoms. The number of hydrogen-bond donors (Lipinski definition) is 1. The molecule has 1 aromatic rings. The van der Waals surface area contributed by atoms with Gasteiger partial charge < -0.3 is 19.5 Å². The lowest BCUT2D eigenvalue weighted by Gasteiger charge is -2.16. The lowest BCUT2D eigenvalue weighted by Crippen LogP contribution is -2.42. The number of thioether (sulfide) groups is 1. The standard InChI is InChI=1S/C16H21NO6S/c1-12(18)23-11-24-9-8-14(15(19)21-2)17-16(20)22-10-13-6-4-3-5-7-13/h3-7,14H,8-11H2,1-2H3,(H,17,20)/t14-/m0/s1. The summed E-state index contributed by atoms with van der Waals surface area (Å²) in [5.74, 6) is -0.220. The van der Waals surface area contributed by atoms with E-state index in [1.165, 1.54) is 25.8 Å². The van der Waals surface area contributed by atoms with E-state index in [4.69, 9.17) is 9.47 Å². The normalized spacial score (nSPS) is 11.2. The molecule has 0 heterocycles. The predicted octanol–water partition coefficient (Wildman–Crippen LogP) is 2.10. The van der Waals surface area contributed by atoms with Crippen molar-refractivity contribution in [1.82, 2.24) is 5.32 Å². The topological polar surface area (TPSA) is 90.9 Å². The molecule has 0 radical (unpaired) electrons. The highest BCUT2D eigenvalue weighted by Gasteiger charge is 2.22. The molecule has 0 aliphatic carbocycles. The van der Waals surface area contributed by atoms with Crippen molar-refractivity contribution in [2.75, 3.05) is 18.8 Å². The first-order chi connectivity index (χ1) is 11.5. The first-order valence-corrected chi connectivity index (χ1v) is 8.44. The van der Waals surface area contributed by atoms with Crippen molar-refractivity contribution in [1.29, 1.82) is 0 Å². The molecule has 0 spiro atoms. The summed E-state index contributed by atoms with van der Waals surface area (Å²) in [6.45, 7) is 1.43. The first kappa shape index (κ1) is 19.8. The Bertz CT molecular complexity index is 537. The number of carbonyl (C=O) groups excluding carboxylic acids is 3. The fraction of sp³-hybridized carbons (Fsp3) is 0.438. The molecule has 0 aliphatic heterocycles. The van der Waals surface area contributed by atoms with Gasteiger partial charge in [0.2, 0.25) is 0 Å². The number of hydrogen-bond acceptors (Lipinski definition) is 7. The number of carbonyl (C=O) groups is 3. The van der Waals surface area contributed by atoms with Crippen LogP contribution in [0.5, 0.6) is 0 Å². The van der Waals surface area contributed by atoms with Gasteiger partial charge >= 0.3 is 18.0 Å². The van der Waals surface area contributed by atoms with E-state index in [2.05, 4.69) is 10.1 Å². The summed E-state index contributed by atoms with van der Waals surface area (Å²) in [5.41, 5.74) is 0.846. The SMILES string of the molecule is COC(=O)[C@H](CCSCOC(C)=O)NC(=O)OCc1ccccc1. The molecule has 0 saturated heterocycles. The highest BCUT2D eigenvalue weighted by atomic mass is 32.2. The minimum absolute atomic E-state index is 0.113. The number of esters is 2. The van der Waals surface area contributed by atoms with Gasteiger partial charge in [-0.3, -0.25) is 4.79 Å². The number of alkyl carbamates (subject to hydrolysis) is 1. The Labute approximate surface area is 145 Å². The zero-order valence-electron chi connectivity index (χ0n) is 13.7. The van der Waals surface area contributed by atoms with Crippen LogP contribution in [0.3, 0.4) is 0 Å². The number of rotatable bonds is 9. The third-order valence-corrected chi connectivity index (χ3v) is 3.70. The molecule has 0 unspecified atom stereocenters.